The van der Waals surface area contributed by atoms with E-state index < -0.39 is 5.97 Å². The number of aliphatic carboxylic acids is 1. The van der Waals surface area contributed by atoms with Crippen LogP contribution in [0.4, 0.5) is 0 Å². The topological polar surface area (TPSA) is 37.3 Å². The van der Waals surface area contributed by atoms with Crippen LogP contribution in [0.2, 0.25) is 0 Å². The van der Waals surface area contributed by atoms with Crippen molar-refractivity contribution >= 4 is 5.97 Å². The first-order chi connectivity index (χ1) is 5.18. The maximum Gasteiger partial charge on any atom is 0.303 e. The summed E-state index contributed by atoms with van der Waals surface area (Å²) < 4.78 is 0. The summed E-state index contributed by atoms with van der Waals surface area (Å²) in [7, 11) is 0. The van der Waals surface area contributed by atoms with Crippen LogP contribution in [0, 0.1) is 5.41 Å². The lowest BCUT2D eigenvalue weighted by Crippen LogP contribution is -2.29. The molecular formula is C9H16O2. The summed E-state index contributed by atoms with van der Waals surface area (Å²) in [5.74, 6) is -0.648. The molecule has 0 aromatic carbocycles. The summed E-state index contributed by atoms with van der Waals surface area (Å²) in [6, 6.07) is 0. The molecular weight excluding hydrogens is 140 g/mol. The van der Waals surface area contributed by atoms with Crippen molar-refractivity contribution < 1.29 is 9.90 Å². The maximum atomic E-state index is 10.3. The number of carboxylic acid groups (broad SMARTS) is 1. The Kier molecular flexibility index (Phi) is 2.53. The highest BCUT2D eigenvalue weighted by molar-refractivity contribution is 5.66. The van der Waals surface area contributed by atoms with Gasteiger partial charge in [-0.05, 0) is 24.7 Å². The number of hydrogen-bond donors (Lipinski definition) is 1. The molecule has 0 aromatic heterocycles. The Balaban J connectivity index is 2.27. The third kappa shape index (κ3) is 1.95. The normalized spacial score (nSPS) is 20.8. The van der Waals surface area contributed by atoms with Crippen LogP contribution in [0.1, 0.15) is 45.4 Å². The predicted octanol–water partition coefficient (Wildman–Crippen LogP) is 2.43. The molecule has 0 bridgehead atoms. The third-order valence-corrected chi connectivity index (χ3v) is 3.03. The molecule has 1 saturated carbocycles. The first kappa shape index (κ1) is 8.57. The van der Waals surface area contributed by atoms with Gasteiger partial charge in [0.1, 0.15) is 0 Å². The zero-order valence-corrected chi connectivity index (χ0v) is 7.10. The molecule has 2 nitrogen and oxygen atoms in total. The van der Waals surface area contributed by atoms with E-state index in [1.54, 1.807) is 0 Å². The van der Waals surface area contributed by atoms with Crippen LogP contribution in [-0.2, 0) is 4.79 Å². The van der Waals surface area contributed by atoms with E-state index in [0.29, 0.717) is 11.8 Å². The highest BCUT2D eigenvalue weighted by Crippen LogP contribution is 2.47. The van der Waals surface area contributed by atoms with Crippen LogP contribution in [0.15, 0.2) is 0 Å². The Morgan fingerprint density at radius 3 is 2.45 bits per heavy atom. The van der Waals surface area contributed by atoms with Gasteiger partial charge in [0.15, 0.2) is 0 Å². The van der Waals surface area contributed by atoms with E-state index in [9.17, 15) is 4.79 Å². The second kappa shape index (κ2) is 3.24. The SMILES string of the molecule is CCC1(CCC(=O)O)CCC1. The molecule has 0 aromatic rings. The Morgan fingerprint density at radius 1 is 1.55 bits per heavy atom. The molecule has 0 radical (unpaired) electrons. The van der Waals surface area contributed by atoms with Gasteiger partial charge in [-0.3, -0.25) is 4.79 Å². The van der Waals surface area contributed by atoms with Gasteiger partial charge < -0.3 is 5.11 Å². The zero-order valence-electron chi connectivity index (χ0n) is 7.10. The molecule has 0 unspecified atom stereocenters. The first-order valence-corrected chi connectivity index (χ1v) is 4.40. The summed E-state index contributed by atoms with van der Waals surface area (Å²) >= 11 is 0. The van der Waals surface area contributed by atoms with Crippen molar-refractivity contribution in [3.05, 3.63) is 0 Å². The Labute approximate surface area is 67.6 Å². The highest BCUT2D eigenvalue weighted by atomic mass is 16.4. The van der Waals surface area contributed by atoms with Crippen molar-refractivity contribution in [3.8, 4) is 0 Å². The minimum Gasteiger partial charge on any atom is -0.481 e. The molecule has 1 fully saturated rings. The summed E-state index contributed by atoms with van der Waals surface area (Å²) in [5.41, 5.74) is 0.415. The van der Waals surface area contributed by atoms with Crippen LogP contribution < -0.4 is 0 Å². The number of carboxylic acids is 1. The Hall–Kier alpha value is -0.530. The minimum atomic E-state index is -0.648. The third-order valence-electron chi connectivity index (χ3n) is 3.03. The van der Waals surface area contributed by atoms with E-state index in [1.807, 2.05) is 0 Å². The van der Waals surface area contributed by atoms with E-state index in [2.05, 4.69) is 6.92 Å². The minimum absolute atomic E-state index is 0.355. The molecule has 0 spiro atoms. The fourth-order valence-electron chi connectivity index (χ4n) is 1.83. The van der Waals surface area contributed by atoms with Gasteiger partial charge in [-0.1, -0.05) is 19.8 Å². The maximum absolute atomic E-state index is 10.3. The second-order valence-corrected chi connectivity index (χ2v) is 3.60. The largest absolute Gasteiger partial charge is 0.481 e. The summed E-state index contributed by atoms with van der Waals surface area (Å²) in [5, 5.41) is 8.49. The van der Waals surface area contributed by atoms with Gasteiger partial charge in [0, 0.05) is 6.42 Å². The second-order valence-electron chi connectivity index (χ2n) is 3.60. The molecule has 0 amide bonds. The van der Waals surface area contributed by atoms with Gasteiger partial charge >= 0.3 is 5.97 Å². The molecule has 0 aliphatic heterocycles. The van der Waals surface area contributed by atoms with E-state index in [-0.39, 0.29) is 0 Å². The van der Waals surface area contributed by atoms with Gasteiger partial charge in [0.25, 0.3) is 0 Å². The zero-order chi connectivity index (χ0) is 8.32. The number of carbonyl (C=O) groups is 1. The van der Waals surface area contributed by atoms with Gasteiger partial charge in [-0.2, -0.15) is 0 Å². The monoisotopic (exact) mass is 156 g/mol. The van der Waals surface area contributed by atoms with Gasteiger partial charge in [-0.15, -0.1) is 0 Å². The number of hydrogen-bond acceptors (Lipinski definition) is 1. The molecule has 64 valence electrons. The van der Waals surface area contributed by atoms with E-state index in [4.69, 9.17) is 5.11 Å². The van der Waals surface area contributed by atoms with Crippen LogP contribution in [-0.4, -0.2) is 11.1 Å². The van der Waals surface area contributed by atoms with Crippen LogP contribution >= 0.6 is 0 Å². The average molecular weight is 156 g/mol. The molecule has 1 aliphatic rings. The van der Waals surface area contributed by atoms with E-state index >= 15 is 0 Å². The van der Waals surface area contributed by atoms with E-state index in [1.165, 1.54) is 19.3 Å². The molecule has 0 heterocycles. The first-order valence-electron chi connectivity index (χ1n) is 4.40. The van der Waals surface area contributed by atoms with Crippen molar-refractivity contribution in [1.82, 2.24) is 0 Å². The van der Waals surface area contributed by atoms with Crippen LogP contribution in [0.25, 0.3) is 0 Å². The van der Waals surface area contributed by atoms with Crippen molar-refractivity contribution in [3.63, 3.8) is 0 Å². The lowest BCUT2D eigenvalue weighted by atomic mass is 9.64. The Bertz CT molecular complexity index is 142. The molecule has 0 atom stereocenters. The standard InChI is InChI=1S/C9H16O2/c1-2-9(5-3-6-9)7-4-8(10)11/h2-7H2,1H3,(H,10,11). The van der Waals surface area contributed by atoms with Crippen LogP contribution in [0.3, 0.4) is 0 Å². The smallest absolute Gasteiger partial charge is 0.303 e. The van der Waals surface area contributed by atoms with Gasteiger partial charge in [0.2, 0.25) is 0 Å². The van der Waals surface area contributed by atoms with Crippen molar-refractivity contribution in [2.75, 3.05) is 0 Å². The van der Waals surface area contributed by atoms with Crippen molar-refractivity contribution in [2.24, 2.45) is 5.41 Å². The molecule has 2 heteroatoms. The summed E-state index contributed by atoms with van der Waals surface area (Å²) in [4.78, 5) is 10.3. The average Bonchev–Trinajstić information content (AvgIpc) is 1.86. The highest BCUT2D eigenvalue weighted by Gasteiger charge is 2.34. The van der Waals surface area contributed by atoms with Gasteiger partial charge in [0.05, 0.1) is 0 Å². The molecule has 1 N–H and O–H groups in total. The fraction of sp³-hybridized carbons (Fsp3) is 0.889. The molecule has 11 heavy (non-hydrogen) atoms. The molecule has 1 rings (SSSR count). The van der Waals surface area contributed by atoms with Crippen molar-refractivity contribution in [1.29, 1.82) is 0 Å². The molecule has 0 saturated heterocycles. The van der Waals surface area contributed by atoms with Crippen molar-refractivity contribution in [2.45, 2.75) is 45.4 Å². The summed E-state index contributed by atoms with van der Waals surface area (Å²) in [6.45, 7) is 2.17. The van der Waals surface area contributed by atoms with E-state index in [0.717, 1.165) is 12.8 Å². The fourth-order valence-corrected chi connectivity index (χ4v) is 1.83. The Morgan fingerprint density at radius 2 is 2.18 bits per heavy atom. The number of rotatable bonds is 4. The lowest BCUT2D eigenvalue weighted by Gasteiger charge is -2.41. The lowest BCUT2D eigenvalue weighted by molar-refractivity contribution is -0.138. The predicted molar refractivity (Wildman–Crippen MR) is 43.4 cm³/mol. The van der Waals surface area contributed by atoms with Crippen LogP contribution in [0.5, 0.6) is 0 Å². The quantitative estimate of drug-likeness (QED) is 0.678. The summed E-state index contributed by atoms with van der Waals surface area (Å²) in [6.07, 6.45) is 6.19. The molecule has 1 aliphatic carbocycles. The van der Waals surface area contributed by atoms with Gasteiger partial charge in [-0.25, -0.2) is 0 Å².